The molecule has 0 aromatic heterocycles. The van der Waals surface area contributed by atoms with Crippen LogP contribution in [0.3, 0.4) is 0 Å². The van der Waals surface area contributed by atoms with E-state index < -0.39 is 0 Å². The Hall–Kier alpha value is -0.570. The van der Waals surface area contributed by atoms with Crippen molar-refractivity contribution in [1.29, 1.82) is 0 Å². The van der Waals surface area contributed by atoms with Crippen molar-refractivity contribution in [2.24, 2.45) is 0 Å². The largest absolute Gasteiger partial charge is 0.207 e. The van der Waals surface area contributed by atoms with Crippen LogP contribution in [-0.4, -0.2) is 0 Å². The SMILES string of the molecule is Cc1cc(Cl)c(C(Br)c2cc(Cl)ccc2F)cc1C. The fourth-order valence-corrected chi connectivity index (χ4v) is 3.24. The van der Waals surface area contributed by atoms with E-state index in [1.54, 1.807) is 6.07 Å². The standard InChI is InChI=1S/C15H12BrCl2F/c1-8-5-11(13(18)6-9(8)2)15(16)12-7-10(17)3-4-14(12)19/h3-7,15H,1-2H3. The van der Waals surface area contributed by atoms with E-state index in [-0.39, 0.29) is 10.6 Å². The van der Waals surface area contributed by atoms with Gasteiger partial charge in [0.1, 0.15) is 5.82 Å². The molecule has 2 aromatic rings. The van der Waals surface area contributed by atoms with Crippen molar-refractivity contribution in [3.8, 4) is 0 Å². The van der Waals surface area contributed by atoms with Gasteiger partial charge in [0, 0.05) is 15.6 Å². The van der Waals surface area contributed by atoms with E-state index in [4.69, 9.17) is 23.2 Å². The summed E-state index contributed by atoms with van der Waals surface area (Å²) in [7, 11) is 0. The summed E-state index contributed by atoms with van der Waals surface area (Å²) in [6.45, 7) is 4.00. The second-order valence-corrected chi connectivity index (χ2v) is 6.25. The third kappa shape index (κ3) is 3.13. The van der Waals surface area contributed by atoms with E-state index in [1.165, 1.54) is 12.1 Å². The van der Waals surface area contributed by atoms with Crippen molar-refractivity contribution < 1.29 is 4.39 Å². The Labute approximate surface area is 130 Å². The van der Waals surface area contributed by atoms with Gasteiger partial charge >= 0.3 is 0 Å². The molecule has 0 aliphatic heterocycles. The first-order valence-electron chi connectivity index (χ1n) is 5.76. The summed E-state index contributed by atoms with van der Waals surface area (Å²) in [4.78, 5) is -0.321. The number of rotatable bonds is 2. The minimum absolute atomic E-state index is 0.305. The maximum atomic E-state index is 13.9. The highest BCUT2D eigenvalue weighted by Gasteiger charge is 2.18. The predicted octanol–water partition coefficient (Wildman–Crippen LogP) is 6.23. The minimum Gasteiger partial charge on any atom is -0.207 e. The molecule has 0 aliphatic rings. The van der Waals surface area contributed by atoms with Gasteiger partial charge in [0.15, 0.2) is 0 Å². The molecular formula is C15H12BrCl2F. The van der Waals surface area contributed by atoms with Gasteiger partial charge < -0.3 is 0 Å². The lowest BCUT2D eigenvalue weighted by atomic mass is 10.00. The lowest BCUT2D eigenvalue weighted by Crippen LogP contribution is -1.99. The van der Waals surface area contributed by atoms with E-state index in [0.717, 1.165) is 16.7 Å². The monoisotopic (exact) mass is 360 g/mol. The minimum atomic E-state index is -0.321. The molecule has 0 fully saturated rings. The Bertz CT molecular complexity index is 626. The molecule has 0 aliphatic carbocycles. The first-order valence-corrected chi connectivity index (χ1v) is 7.43. The summed E-state index contributed by atoms with van der Waals surface area (Å²) in [5, 5.41) is 1.12. The number of hydrogen-bond acceptors (Lipinski definition) is 0. The highest BCUT2D eigenvalue weighted by atomic mass is 79.9. The van der Waals surface area contributed by atoms with Crippen LogP contribution in [0, 0.1) is 19.7 Å². The molecule has 0 nitrogen and oxygen atoms in total. The van der Waals surface area contributed by atoms with Crippen LogP contribution in [0.5, 0.6) is 0 Å². The maximum Gasteiger partial charge on any atom is 0.127 e. The Balaban J connectivity index is 2.52. The zero-order valence-electron chi connectivity index (χ0n) is 10.5. The van der Waals surface area contributed by atoms with E-state index in [1.807, 2.05) is 26.0 Å². The summed E-state index contributed by atoms with van der Waals surface area (Å²) in [5.74, 6) is -0.305. The van der Waals surface area contributed by atoms with Crippen molar-refractivity contribution >= 4 is 39.1 Å². The van der Waals surface area contributed by atoms with Crippen LogP contribution in [-0.2, 0) is 0 Å². The first kappa shape index (κ1) is 14.8. The quantitative estimate of drug-likeness (QED) is 0.556. The highest BCUT2D eigenvalue weighted by Crippen LogP contribution is 2.38. The van der Waals surface area contributed by atoms with Gasteiger partial charge in [0.25, 0.3) is 0 Å². The number of aryl methyl sites for hydroxylation is 2. The molecule has 0 saturated carbocycles. The van der Waals surface area contributed by atoms with Crippen molar-refractivity contribution in [1.82, 2.24) is 0 Å². The number of halogens is 4. The second kappa shape index (κ2) is 5.82. The number of hydrogen-bond donors (Lipinski definition) is 0. The van der Waals surface area contributed by atoms with Crippen LogP contribution in [0.4, 0.5) is 4.39 Å². The highest BCUT2D eigenvalue weighted by molar-refractivity contribution is 9.09. The molecule has 0 radical (unpaired) electrons. The summed E-state index contributed by atoms with van der Waals surface area (Å²) >= 11 is 15.7. The molecule has 0 spiro atoms. The van der Waals surface area contributed by atoms with Gasteiger partial charge in [-0.3, -0.25) is 0 Å². The molecule has 4 heteroatoms. The maximum absolute atomic E-state index is 13.9. The molecule has 2 aromatic carbocycles. The fourth-order valence-electron chi connectivity index (χ4n) is 1.87. The van der Waals surface area contributed by atoms with Gasteiger partial charge in [-0.25, -0.2) is 4.39 Å². The average Bonchev–Trinajstić information content (AvgIpc) is 2.36. The first-order chi connectivity index (χ1) is 8.90. The van der Waals surface area contributed by atoms with Gasteiger partial charge in [-0.05, 0) is 54.8 Å². The van der Waals surface area contributed by atoms with E-state index in [9.17, 15) is 4.39 Å². The lowest BCUT2D eigenvalue weighted by Gasteiger charge is -2.15. The van der Waals surface area contributed by atoms with E-state index in [2.05, 4.69) is 15.9 Å². The Kier molecular flexibility index (Phi) is 4.54. The van der Waals surface area contributed by atoms with Crippen molar-refractivity contribution in [3.63, 3.8) is 0 Å². The molecule has 1 atom stereocenters. The number of benzene rings is 2. The zero-order chi connectivity index (χ0) is 14.2. The van der Waals surface area contributed by atoms with Gasteiger partial charge in [-0.1, -0.05) is 45.2 Å². The van der Waals surface area contributed by atoms with Gasteiger partial charge in [-0.2, -0.15) is 0 Å². The summed E-state index contributed by atoms with van der Waals surface area (Å²) < 4.78 is 13.9. The predicted molar refractivity (Wildman–Crippen MR) is 83.1 cm³/mol. The van der Waals surface area contributed by atoms with Gasteiger partial charge in [0.2, 0.25) is 0 Å². The molecule has 0 amide bonds. The van der Waals surface area contributed by atoms with Crippen LogP contribution in [0.2, 0.25) is 10.0 Å². The van der Waals surface area contributed by atoms with Crippen LogP contribution in [0.15, 0.2) is 30.3 Å². The molecule has 1 unspecified atom stereocenters. The summed E-state index contributed by atoms with van der Waals surface area (Å²) in [6, 6.07) is 8.37. The summed E-state index contributed by atoms with van der Waals surface area (Å²) in [6.07, 6.45) is 0. The zero-order valence-corrected chi connectivity index (χ0v) is 13.6. The van der Waals surface area contributed by atoms with Crippen LogP contribution < -0.4 is 0 Å². The molecular weight excluding hydrogens is 350 g/mol. The third-order valence-electron chi connectivity index (χ3n) is 3.12. The molecule has 100 valence electrons. The average molecular weight is 362 g/mol. The molecule has 0 bridgehead atoms. The van der Waals surface area contributed by atoms with Crippen molar-refractivity contribution in [2.75, 3.05) is 0 Å². The Morgan fingerprint density at radius 2 is 1.63 bits per heavy atom. The molecule has 0 heterocycles. The van der Waals surface area contributed by atoms with Crippen molar-refractivity contribution in [3.05, 3.63) is 68.4 Å². The molecule has 2 rings (SSSR count). The molecule has 0 N–H and O–H groups in total. The molecule has 19 heavy (non-hydrogen) atoms. The van der Waals surface area contributed by atoms with Gasteiger partial charge in [0.05, 0.1) is 4.83 Å². The second-order valence-electron chi connectivity index (χ2n) is 4.49. The smallest absolute Gasteiger partial charge is 0.127 e. The van der Waals surface area contributed by atoms with Crippen LogP contribution in [0.1, 0.15) is 27.1 Å². The van der Waals surface area contributed by atoms with E-state index in [0.29, 0.717) is 15.6 Å². The van der Waals surface area contributed by atoms with E-state index >= 15 is 0 Å². The fraction of sp³-hybridized carbons (Fsp3) is 0.200. The lowest BCUT2D eigenvalue weighted by molar-refractivity contribution is 0.613. The van der Waals surface area contributed by atoms with Gasteiger partial charge in [-0.15, -0.1) is 0 Å². The molecule has 0 saturated heterocycles. The Morgan fingerprint density at radius 1 is 1.00 bits per heavy atom. The third-order valence-corrected chi connectivity index (χ3v) is 4.67. The summed E-state index contributed by atoms with van der Waals surface area (Å²) in [5.41, 5.74) is 3.55. The van der Waals surface area contributed by atoms with Crippen molar-refractivity contribution in [2.45, 2.75) is 18.7 Å². The Morgan fingerprint density at radius 3 is 2.32 bits per heavy atom. The van der Waals surface area contributed by atoms with Crippen LogP contribution >= 0.6 is 39.1 Å². The normalized spacial score (nSPS) is 12.5. The van der Waals surface area contributed by atoms with Crippen LogP contribution in [0.25, 0.3) is 0 Å². The number of alkyl halides is 1. The topological polar surface area (TPSA) is 0 Å².